The number of para-hydroxylation sites is 1. The lowest BCUT2D eigenvalue weighted by Gasteiger charge is -2.06. The van der Waals surface area contributed by atoms with Crippen LogP contribution in [0.15, 0.2) is 30.5 Å². The summed E-state index contributed by atoms with van der Waals surface area (Å²) in [6.45, 7) is 0.0734. The number of fused-ring (bicyclic) bond motifs is 1. The Morgan fingerprint density at radius 2 is 2.16 bits per heavy atom. The van der Waals surface area contributed by atoms with E-state index in [1.165, 1.54) is 0 Å². The predicted molar refractivity (Wildman–Crippen MR) is 69.1 cm³/mol. The first-order valence-corrected chi connectivity index (χ1v) is 5.82. The summed E-state index contributed by atoms with van der Waals surface area (Å²) in [6, 6.07) is 7.35. The number of nitrogens with one attached hydrogen (secondary N) is 2. The van der Waals surface area contributed by atoms with Crippen molar-refractivity contribution in [3.05, 3.63) is 36.0 Å². The van der Waals surface area contributed by atoms with Crippen molar-refractivity contribution in [2.45, 2.75) is 0 Å². The Bertz CT molecular complexity index is 591. The lowest BCUT2D eigenvalue weighted by Crippen LogP contribution is -2.28. The molecule has 1 heterocycles. The maximum atomic E-state index is 12.0. The van der Waals surface area contributed by atoms with E-state index >= 15 is 0 Å². The highest BCUT2D eigenvalue weighted by molar-refractivity contribution is 6.05. The van der Waals surface area contributed by atoms with Crippen LogP contribution in [0, 0.1) is 0 Å². The van der Waals surface area contributed by atoms with Crippen LogP contribution in [0.3, 0.4) is 0 Å². The Hall–Kier alpha value is -2.34. The molecule has 0 atom stereocenters. The van der Waals surface area contributed by atoms with Gasteiger partial charge in [-0.05, 0) is 12.1 Å². The number of hydrogen-bond donors (Lipinski definition) is 3. The number of amides is 1. The van der Waals surface area contributed by atoms with E-state index in [2.05, 4.69) is 10.3 Å². The van der Waals surface area contributed by atoms with Crippen LogP contribution in [0.1, 0.15) is 10.4 Å². The third-order valence-electron chi connectivity index (χ3n) is 2.59. The zero-order chi connectivity index (χ0) is 13.7. The fourth-order valence-corrected chi connectivity index (χ4v) is 1.77. The third-order valence-corrected chi connectivity index (χ3v) is 2.59. The standard InChI is InChI=1S/C13H14N2O4/c16-11(17)8-19-7-6-15-13(18)10-3-1-2-9-4-5-14-12(9)10/h1-5,14H,6-8H2,(H,15,18)(H,16,17). The lowest BCUT2D eigenvalue weighted by molar-refractivity contribution is -0.142. The number of aliphatic carboxylic acids is 1. The minimum atomic E-state index is -1.03. The minimum absolute atomic E-state index is 0.165. The van der Waals surface area contributed by atoms with E-state index in [1.807, 2.05) is 18.2 Å². The summed E-state index contributed by atoms with van der Waals surface area (Å²) in [5.74, 6) is -1.24. The van der Waals surface area contributed by atoms with E-state index in [0.29, 0.717) is 5.56 Å². The van der Waals surface area contributed by atoms with Gasteiger partial charge in [-0.15, -0.1) is 0 Å². The zero-order valence-corrected chi connectivity index (χ0v) is 10.2. The van der Waals surface area contributed by atoms with Crippen LogP contribution in [0.4, 0.5) is 0 Å². The van der Waals surface area contributed by atoms with Crippen LogP contribution in [-0.2, 0) is 9.53 Å². The summed E-state index contributed by atoms with van der Waals surface area (Å²) in [5.41, 5.74) is 1.34. The molecule has 100 valence electrons. The molecular formula is C13H14N2O4. The number of carbonyl (C=O) groups is 2. The van der Waals surface area contributed by atoms with Crippen LogP contribution in [0.5, 0.6) is 0 Å². The van der Waals surface area contributed by atoms with Gasteiger partial charge in [-0.25, -0.2) is 4.79 Å². The summed E-state index contributed by atoms with van der Waals surface area (Å²) in [5, 5.41) is 12.0. The highest BCUT2D eigenvalue weighted by Gasteiger charge is 2.09. The van der Waals surface area contributed by atoms with Gasteiger partial charge in [0.2, 0.25) is 0 Å². The van der Waals surface area contributed by atoms with Gasteiger partial charge in [0.25, 0.3) is 5.91 Å². The summed E-state index contributed by atoms with van der Waals surface area (Å²) in [7, 11) is 0. The summed E-state index contributed by atoms with van der Waals surface area (Å²) in [6.07, 6.45) is 1.78. The molecule has 0 aliphatic carbocycles. The van der Waals surface area contributed by atoms with Gasteiger partial charge in [-0.2, -0.15) is 0 Å². The SMILES string of the molecule is O=C(O)COCCNC(=O)c1cccc2cc[nH]c12. The molecule has 0 radical (unpaired) electrons. The second-order valence-corrected chi connectivity index (χ2v) is 3.95. The quantitative estimate of drug-likeness (QED) is 0.677. The van der Waals surface area contributed by atoms with Gasteiger partial charge in [0.15, 0.2) is 0 Å². The average Bonchev–Trinajstić information content (AvgIpc) is 2.85. The molecule has 0 fully saturated rings. The predicted octanol–water partition coefficient (Wildman–Crippen LogP) is 0.999. The average molecular weight is 262 g/mol. The van der Waals surface area contributed by atoms with Crippen molar-refractivity contribution < 1.29 is 19.4 Å². The fourth-order valence-electron chi connectivity index (χ4n) is 1.77. The van der Waals surface area contributed by atoms with Crippen LogP contribution in [-0.4, -0.2) is 41.7 Å². The van der Waals surface area contributed by atoms with Crippen LogP contribution < -0.4 is 5.32 Å². The summed E-state index contributed by atoms with van der Waals surface area (Å²) in [4.78, 5) is 25.2. The van der Waals surface area contributed by atoms with Gasteiger partial charge >= 0.3 is 5.97 Å². The number of H-pyrrole nitrogens is 1. The van der Waals surface area contributed by atoms with E-state index < -0.39 is 5.97 Å². The highest BCUT2D eigenvalue weighted by Crippen LogP contribution is 2.16. The first kappa shape index (κ1) is 13.1. The monoisotopic (exact) mass is 262 g/mol. The summed E-state index contributed by atoms with van der Waals surface area (Å²) < 4.78 is 4.83. The smallest absolute Gasteiger partial charge is 0.329 e. The van der Waals surface area contributed by atoms with Crippen molar-refractivity contribution >= 4 is 22.8 Å². The molecule has 6 heteroatoms. The topological polar surface area (TPSA) is 91.4 Å². The maximum absolute atomic E-state index is 12.0. The molecular weight excluding hydrogens is 248 g/mol. The van der Waals surface area contributed by atoms with Gasteiger partial charge < -0.3 is 20.1 Å². The largest absolute Gasteiger partial charge is 0.480 e. The van der Waals surface area contributed by atoms with E-state index in [9.17, 15) is 9.59 Å². The number of ether oxygens (including phenoxy) is 1. The molecule has 2 rings (SSSR count). The van der Waals surface area contributed by atoms with Crippen molar-refractivity contribution in [3.63, 3.8) is 0 Å². The zero-order valence-electron chi connectivity index (χ0n) is 10.2. The van der Waals surface area contributed by atoms with Crippen LogP contribution in [0.25, 0.3) is 10.9 Å². The summed E-state index contributed by atoms with van der Waals surface area (Å²) >= 11 is 0. The van der Waals surface area contributed by atoms with Gasteiger partial charge in [0, 0.05) is 18.1 Å². The second kappa shape index (κ2) is 6.01. The second-order valence-electron chi connectivity index (χ2n) is 3.95. The van der Waals surface area contributed by atoms with Crippen molar-refractivity contribution in [3.8, 4) is 0 Å². The van der Waals surface area contributed by atoms with Gasteiger partial charge in [-0.3, -0.25) is 4.79 Å². The fraction of sp³-hybridized carbons (Fsp3) is 0.231. The van der Waals surface area contributed by atoms with Gasteiger partial charge in [-0.1, -0.05) is 12.1 Å². The number of carboxylic acids is 1. The molecule has 19 heavy (non-hydrogen) atoms. The molecule has 0 bridgehead atoms. The van der Waals surface area contributed by atoms with Crippen LogP contribution >= 0.6 is 0 Å². The lowest BCUT2D eigenvalue weighted by atomic mass is 10.1. The number of benzene rings is 1. The number of hydrogen-bond acceptors (Lipinski definition) is 3. The van der Waals surface area contributed by atoms with Crippen LogP contribution in [0.2, 0.25) is 0 Å². The molecule has 0 saturated carbocycles. The Kier molecular flexibility index (Phi) is 4.15. The number of rotatable bonds is 6. The van der Waals surface area contributed by atoms with E-state index in [0.717, 1.165) is 10.9 Å². The maximum Gasteiger partial charge on any atom is 0.329 e. The number of aromatic nitrogens is 1. The molecule has 0 aliphatic heterocycles. The molecule has 6 nitrogen and oxygen atoms in total. The molecule has 0 aliphatic rings. The first-order chi connectivity index (χ1) is 9.18. The number of carbonyl (C=O) groups excluding carboxylic acids is 1. The molecule has 1 aromatic heterocycles. The van der Waals surface area contributed by atoms with Crippen molar-refractivity contribution in [1.29, 1.82) is 0 Å². The van der Waals surface area contributed by atoms with Crippen molar-refractivity contribution in [2.75, 3.05) is 19.8 Å². The van der Waals surface area contributed by atoms with Gasteiger partial charge in [0.1, 0.15) is 6.61 Å². The molecule has 1 aromatic carbocycles. The molecule has 3 N–H and O–H groups in total. The Labute approximate surface area is 109 Å². The van der Waals surface area contributed by atoms with Crippen molar-refractivity contribution in [1.82, 2.24) is 10.3 Å². The Morgan fingerprint density at radius 3 is 2.95 bits per heavy atom. The first-order valence-electron chi connectivity index (χ1n) is 5.82. The number of aromatic amines is 1. The van der Waals surface area contributed by atoms with E-state index in [4.69, 9.17) is 9.84 Å². The van der Waals surface area contributed by atoms with Crippen molar-refractivity contribution in [2.24, 2.45) is 0 Å². The Morgan fingerprint density at radius 1 is 1.32 bits per heavy atom. The number of carboxylic acid groups (broad SMARTS) is 1. The highest BCUT2D eigenvalue weighted by atomic mass is 16.5. The Balaban J connectivity index is 1.90. The molecule has 0 spiro atoms. The third kappa shape index (κ3) is 3.32. The molecule has 1 amide bonds. The molecule has 0 unspecified atom stereocenters. The normalized spacial score (nSPS) is 10.5. The van der Waals surface area contributed by atoms with E-state index in [-0.39, 0.29) is 25.7 Å². The van der Waals surface area contributed by atoms with E-state index in [1.54, 1.807) is 12.3 Å². The van der Waals surface area contributed by atoms with Gasteiger partial charge in [0.05, 0.1) is 17.7 Å². The minimum Gasteiger partial charge on any atom is -0.480 e. The molecule has 0 saturated heterocycles. The molecule has 2 aromatic rings.